The number of likely N-dealkylation sites (N-methyl/N-ethyl adjacent to an activating group) is 1. The van der Waals surface area contributed by atoms with Crippen LogP contribution in [-0.2, 0) is 11.3 Å². The van der Waals surface area contributed by atoms with Gasteiger partial charge >= 0.3 is 0 Å². The maximum Gasteiger partial charge on any atom is 0.128 e. The van der Waals surface area contributed by atoms with Crippen molar-refractivity contribution < 1.29 is 4.74 Å². The Morgan fingerprint density at radius 2 is 2.15 bits per heavy atom. The quantitative estimate of drug-likeness (QED) is 0.785. The largest absolute Gasteiger partial charge is 0.383 e. The highest BCUT2D eigenvalue weighted by atomic mass is 16.5. The molecule has 1 N–H and O–H groups in total. The molecule has 0 aliphatic carbocycles. The van der Waals surface area contributed by atoms with Crippen molar-refractivity contribution in [2.24, 2.45) is 0 Å². The smallest absolute Gasteiger partial charge is 0.128 e. The Bertz CT molecular complexity index is 382. The fraction of sp³-hybridized carbons (Fsp3) is 0.667. The summed E-state index contributed by atoms with van der Waals surface area (Å²) in [5, 5.41) is 3.33. The second kappa shape index (κ2) is 8.19. The van der Waals surface area contributed by atoms with Crippen molar-refractivity contribution in [3.63, 3.8) is 0 Å². The second-order valence-corrected chi connectivity index (χ2v) is 5.34. The van der Waals surface area contributed by atoms with Crippen LogP contribution < -0.4 is 10.2 Å². The summed E-state index contributed by atoms with van der Waals surface area (Å²) < 4.78 is 5.01. The van der Waals surface area contributed by atoms with Crippen molar-refractivity contribution in [1.82, 2.24) is 15.2 Å². The van der Waals surface area contributed by atoms with E-state index in [4.69, 9.17) is 4.74 Å². The highest BCUT2D eigenvalue weighted by molar-refractivity contribution is 5.39. The summed E-state index contributed by atoms with van der Waals surface area (Å²) >= 11 is 0. The first-order chi connectivity index (χ1) is 9.79. The molecule has 0 atom stereocenters. The molecule has 112 valence electrons. The van der Waals surface area contributed by atoms with E-state index in [9.17, 15) is 0 Å². The number of anilines is 1. The lowest BCUT2D eigenvalue weighted by Gasteiger charge is -2.21. The molecule has 0 aromatic carbocycles. The topological polar surface area (TPSA) is 40.6 Å². The molecule has 5 nitrogen and oxygen atoms in total. The first-order valence-electron chi connectivity index (χ1n) is 7.37. The molecule has 0 radical (unpaired) electrons. The summed E-state index contributed by atoms with van der Waals surface area (Å²) in [5.74, 6) is 1.10. The van der Waals surface area contributed by atoms with Gasteiger partial charge in [-0.05, 0) is 31.6 Å². The van der Waals surface area contributed by atoms with Crippen LogP contribution in [-0.4, -0.2) is 63.4 Å². The lowest BCUT2D eigenvalue weighted by atomic mass is 10.2. The van der Waals surface area contributed by atoms with Crippen molar-refractivity contribution in [2.75, 3.05) is 58.4 Å². The Hall–Kier alpha value is -1.17. The van der Waals surface area contributed by atoms with Gasteiger partial charge in [-0.1, -0.05) is 6.07 Å². The highest BCUT2D eigenvalue weighted by Gasteiger charge is 2.13. The first kappa shape index (κ1) is 15.2. The zero-order valence-corrected chi connectivity index (χ0v) is 12.6. The van der Waals surface area contributed by atoms with Crippen molar-refractivity contribution in [2.45, 2.75) is 13.0 Å². The lowest BCUT2D eigenvalue weighted by Crippen LogP contribution is -2.29. The number of nitrogens with zero attached hydrogens (tertiary/aromatic N) is 3. The molecule has 5 heteroatoms. The van der Waals surface area contributed by atoms with Gasteiger partial charge in [0.15, 0.2) is 0 Å². The zero-order chi connectivity index (χ0) is 14.2. The predicted molar refractivity (Wildman–Crippen MR) is 82.1 cm³/mol. The molecule has 1 aromatic rings. The van der Waals surface area contributed by atoms with Gasteiger partial charge in [0.25, 0.3) is 0 Å². The van der Waals surface area contributed by atoms with Gasteiger partial charge in [0.05, 0.1) is 6.61 Å². The third-order valence-electron chi connectivity index (χ3n) is 3.66. The van der Waals surface area contributed by atoms with Crippen LogP contribution in [0, 0.1) is 0 Å². The SMILES string of the molecule is COCCNCc1ccc(N2CCCN(C)CC2)nc1. The molecular formula is C15H26N4O. The fourth-order valence-electron chi connectivity index (χ4n) is 2.39. The van der Waals surface area contributed by atoms with Crippen molar-refractivity contribution in [1.29, 1.82) is 0 Å². The Morgan fingerprint density at radius 3 is 2.90 bits per heavy atom. The van der Waals surface area contributed by atoms with Crippen LogP contribution in [0.1, 0.15) is 12.0 Å². The number of rotatable bonds is 6. The van der Waals surface area contributed by atoms with Crippen LogP contribution in [0.4, 0.5) is 5.82 Å². The summed E-state index contributed by atoms with van der Waals surface area (Å²) in [6.07, 6.45) is 3.18. The minimum Gasteiger partial charge on any atom is -0.383 e. The zero-order valence-electron chi connectivity index (χ0n) is 12.6. The van der Waals surface area contributed by atoms with E-state index < -0.39 is 0 Å². The standard InChI is InChI=1S/C15H26N4O/c1-18-7-3-8-19(10-9-18)15-5-4-14(13-17-15)12-16-6-11-20-2/h4-5,13,16H,3,6-12H2,1-2H3. The first-order valence-corrected chi connectivity index (χ1v) is 7.37. The number of hydrogen-bond donors (Lipinski definition) is 1. The van der Waals surface area contributed by atoms with Crippen LogP contribution in [0.3, 0.4) is 0 Å². The van der Waals surface area contributed by atoms with Crippen LogP contribution in [0.2, 0.25) is 0 Å². The average molecular weight is 278 g/mol. The van der Waals surface area contributed by atoms with Crippen molar-refractivity contribution in [3.8, 4) is 0 Å². The van der Waals surface area contributed by atoms with Crippen molar-refractivity contribution >= 4 is 5.82 Å². The molecule has 20 heavy (non-hydrogen) atoms. The summed E-state index contributed by atoms with van der Waals surface area (Å²) in [6.45, 7) is 6.92. The molecule has 1 aliphatic heterocycles. The second-order valence-electron chi connectivity index (χ2n) is 5.34. The maximum atomic E-state index is 5.01. The molecule has 1 aromatic heterocycles. The minimum absolute atomic E-state index is 0.743. The summed E-state index contributed by atoms with van der Waals surface area (Å²) in [5.41, 5.74) is 1.22. The van der Waals surface area contributed by atoms with Gasteiger partial charge in [-0.25, -0.2) is 4.98 Å². The monoisotopic (exact) mass is 278 g/mol. The molecule has 1 saturated heterocycles. The summed E-state index contributed by atoms with van der Waals surface area (Å²) in [7, 11) is 3.91. The number of methoxy groups -OCH3 is 1. The Morgan fingerprint density at radius 1 is 1.25 bits per heavy atom. The molecular weight excluding hydrogens is 252 g/mol. The number of nitrogens with one attached hydrogen (secondary N) is 1. The van der Waals surface area contributed by atoms with E-state index in [2.05, 4.69) is 39.3 Å². The number of hydrogen-bond acceptors (Lipinski definition) is 5. The average Bonchev–Trinajstić information content (AvgIpc) is 2.69. The molecule has 0 saturated carbocycles. The fourth-order valence-corrected chi connectivity index (χ4v) is 2.39. The van der Waals surface area contributed by atoms with Gasteiger partial charge in [0.1, 0.15) is 5.82 Å². The van der Waals surface area contributed by atoms with E-state index in [1.54, 1.807) is 7.11 Å². The number of aromatic nitrogens is 1. The van der Waals surface area contributed by atoms with Gasteiger partial charge in [-0.3, -0.25) is 0 Å². The molecule has 2 heterocycles. The van der Waals surface area contributed by atoms with Crippen LogP contribution in [0.5, 0.6) is 0 Å². The highest BCUT2D eigenvalue weighted by Crippen LogP contribution is 2.13. The normalized spacial score (nSPS) is 17.2. The third kappa shape index (κ3) is 4.74. The van der Waals surface area contributed by atoms with E-state index in [1.807, 2.05) is 6.20 Å². The van der Waals surface area contributed by atoms with E-state index in [0.29, 0.717) is 0 Å². The van der Waals surface area contributed by atoms with Gasteiger partial charge in [0, 0.05) is 46.0 Å². The lowest BCUT2D eigenvalue weighted by molar-refractivity contribution is 0.199. The number of ether oxygens (including phenoxy) is 1. The maximum absolute atomic E-state index is 5.01. The van der Waals surface area contributed by atoms with Crippen molar-refractivity contribution in [3.05, 3.63) is 23.9 Å². The minimum atomic E-state index is 0.743. The van der Waals surface area contributed by atoms with Crippen LogP contribution >= 0.6 is 0 Å². The number of pyridine rings is 1. The molecule has 2 rings (SSSR count). The van der Waals surface area contributed by atoms with Crippen LogP contribution in [0.25, 0.3) is 0 Å². The van der Waals surface area contributed by atoms with Gasteiger partial charge in [0.2, 0.25) is 0 Å². The third-order valence-corrected chi connectivity index (χ3v) is 3.66. The van der Waals surface area contributed by atoms with E-state index in [1.165, 1.54) is 18.5 Å². The van der Waals surface area contributed by atoms with E-state index >= 15 is 0 Å². The van der Waals surface area contributed by atoms with Gasteiger partial charge in [-0.15, -0.1) is 0 Å². The molecule has 0 bridgehead atoms. The summed E-state index contributed by atoms with van der Waals surface area (Å²) in [6, 6.07) is 4.30. The summed E-state index contributed by atoms with van der Waals surface area (Å²) in [4.78, 5) is 9.37. The molecule has 0 spiro atoms. The van der Waals surface area contributed by atoms with E-state index in [-0.39, 0.29) is 0 Å². The van der Waals surface area contributed by atoms with Gasteiger partial charge < -0.3 is 19.9 Å². The van der Waals surface area contributed by atoms with E-state index in [0.717, 1.165) is 45.1 Å². The van der Waals surface area contributed by atoms with Crippen LogP contribution in [0.15, 0.2) is 18.3 Å². The molecule has 0 unspecified atom stereocenters. The molecule has 1 aliphatic rings. The molecule has 0 amide bonds. The van der Waals surface area contributed by atoms with Gasteiger partial charge in [-0.2, -0.15) is 0 Å². The Kier molecular flexibility index (Phi) is 6.24. The Labute approximate surface area is 121 Å². The molecule has 1 fully saturated rings. The predicted octanol–water partition coefficient (Wildman–Crippen LogP) is 0.960. The Balaban J connectivity index is 1.84.